The van der Waals surface area contributed by atoms with Crippen LogP contribution in [0.1, 0.15) is 31.2 Å². The van der Waals surface area contributed by atoms with E-state index in [1.165, 1.54) is 0 Å². The third kappa shape index (κ3) is 3.98. The maximum absolute atomic E-state index is 9.18. The summed E-state index contributed by atoms with van der Waals surface area (Å²) in [5, 5.41) is 9.50. The predicted molar refractivity (Wildman–Crippen MR) is 106 cm³/mol. The molecule has 0 aliphatic carbocycles. The molecular formula is C15H19Br2ClN4Si. The van der Waals surface area contributed by atoms with Gasteiger partial charge < -0.3 is 4.90 Å². The summed E-state index contributed by atoms with van der Waals surface area (Å²) in [5.74, 6) is 0.853. The standard InChI is InChI=1S/C15H19Br2ClN4Si/c1-9-6-5-7-22(9)15-11(12(16)13(17)23(2,3)4)14(18)20-10(8-19)21-15/h9H,5-7H2,1-4H3. The zero-order valence-electron chi connectivity index (χ0n) is 13.6. The Bertz CT molecular complexity index is 694. The van der Waals surface area contributed by atoms with Crippen molar-refractivity contribution in [1.29, 1.82) is 5.26 Å². The molecular weight excluding hydrogens is 460 g/mol. The van der Waals surface area contributed by atoms with Crippen molar-refractivity contribution in [3.63, 3.8) is 0 Å². The Labute approximate surface area is 160 Å². The minimum Gasteiger partial charge on any atom is -0.353 e. The van der Waals surface area contributed by atoms with Crippen LogP contribution in [0.3, 0.4) is 0 Å². The maximum atomic E-state index is 9.18. The molecule has 1 aliphatic rings. The third-order valence-corrected chi connectivity index (χ3v) is 11.3. The van der Waals surface area contributed by atoms with Crippen molar-refractivity contribution in [2.24, 2.45) is 0 Å². The fourth-order valence-corrected chi connectivity index (χ4v) is 6.06. The highest BCUT2D eigenvalue weighted by Crippen LogP contribution is 2.42. The van der Waals surface area contributed by atoms with Gasteiger partial charge in [0.1, 0.15) is 17.0 Å². The van der Waals surface area contributed by atoms with Gasteiger partial charge in [-0.2, -0.15) is 5.26 Å². The molecule has 8 heteroatoms. The molecule has 1 aromatic heterocycles. The third-order valence-electron chi connectivity index (χ3n) is 3.84. The molecule has 1 aromatic rings. The molecule has 4 nitrogen and oxygen atoms in total. The number of nitriles is 1. The van der Waals surface area contributed by atoms with E-state index in [1.54, 1.807) is 0 Å². The van der Waals surface area contributed by atoms with E-state index in [-0.39, 0.29) is 5.82 Å². The zero-order valence-corrected chi connectivity index (χ0v) is 18.5. The largest absolute Gasteiger partial charge is 0.353 e. The van der Waals surface area contributed by atoms with E-state index in [4.69, 9.17) is 11.6 Å². The van der Waals surface area contributed by atoms with Gasteiger partial charge in [-0.15, -0.1) is 0 Å². The van der Waals surface area contributed by atoms with Crippen LogP contribution < -0.4 is 4.90 Å². The molecule has 0 amide bonds. The van der Waals surface area contributed by atoms with Gasteiger partial charge >= 0.3 is 0 Å². The molecule has 1 saturated heterocycles. The molecule has 0 radical (unpaired) electrons. The second-order valence-corrected chi connectivity index (χ2v) is 14.4. The van der Waals surface area contributed by atoms with E-state index < -0.39 is 8.07 Å². The first-order valence-corrected chi connectivity index (χ1v) is 12.9. The predicted octanol–water partition coefficient (Wildman–Crippen LogP) is 5.33. The fourth-order valence-electron chi connectivity index (χ4n) is 2.56. The average Bonchev–Trinajstić information content (AvgIpc) is 2.89. The Balaban J connectivity index is 2.70. The molecule has 0 spiro atoms. The van der Waals surface area contributed by atoms with Crippen molar-refractivity contribution < 1.29 is 0 Å². The number of rotatable bonds is 3. The van der Waals surface area contributed by atoms with Crippen LogP contribution in [0.5, 0.6) is 0 Å². The number of aromatic nitrogens is 2. The number of nitrogens with zero attached hydrogens (tertiary/aromatic N) is 4. The number of hydrogen-bond acceptors (Lipinski definition) is 4. The van der Waals surface area contributed by atoms with Crippen molar-refractivity contribution in [2.75, 3.05) is 11.4 Å². The van der Waals surface area contributed by atoms with Gasteiger partial charge in [0.25, 0.3) is 0 Å². The van der Waals surface area contributed by atoms with Crippen LogP contribution in [0.2, 0.25) is 24.8 Å². The highest BCUT2D eigenvalue weighted by Gasteiger charge is 2.30. The first-order valence-electron chi connectivity index (χ1n) is 7.47. The first-order chi connectivity index (χ1) is 10.7. The Hall–Kier alpha value is -0.423. The molecule has 23 heavy (non-hydrogen) atoms. The van der Waals surface area contributed by atoms with E-state index >= 15 is 0 Å². The smallest absolute Gasteiger partial charge is 0.235 e. The highest BCUT2D eigenvalue weighted by molar-refractivity contribution is 9.17. The van der Waals surface area contributed by atoms with E-state index in [9.17, 15) is 5.26 Å². The van der Waals surface area contributed by atoms with Crippen LogP contribution in [0.15, 0.2) is 4.11 Å². The molecule has 1 fully saturated rings. The van der Waals surface area contributed by atoms with Crippen LogP contribution in [0.4, 0.5) is 5.82 Å². The second-order valence-electron chi connectivity index (χ2n) is 6.71. The number of anilines is 1. The number of halogens is 3. The summed E-state index contributed by atoms with van der Waals surface area (Å²) < 4.78 is 2.01. The average molecular weight is 479 g/mol. The fraction of sp³-hybridized carbons (Fsp3) is 0.533. The lowest BCUT2D eigenvalue weighted by Gasteiger charge is -2.26. The molecule has 0 aromatic carbocycles. The summed E-state index contributed by atoms with van der Waals surface area (Å²) in [6.45, 7) is 9.82. The van der Waals surface area contributed by atoms with Gasteiger partial charge in [0.05, 0.1) is 13.6 Å². The molecule has 1 aliphatic heterocycles. The molecule has 1 atom stereocenters. The Morgan fingerprint density at radius 3 is 2.48 bits per heavy atom. The van der Waals surface area contributed by atoms with Gasteiger partial charge in [-0.1, -0.05) is 47.2 Å². The van der Waals surface area contributed by atoms with Crippen molar-refractivity contribution >= 4 is 61.8 Å². The molecule has 1 unspecified atom stereocenters. The van der Waals surface area contributed by atoms with Crippen molar-refractivity contribution in [3.05, 3.63) is 20.6 Å². The molecule has 0 bridgehead atoms. The SMILES string of the molecule is CC1CCCN1c1nc(C#N)nc(Cl)c1C(Br)=C(Br)[Si](C)(C)C. The summed E-state index contributed by atoms with van der Waals surface area (Å²) in [4.78, 5) is 10.8. The minimum atomic E-state index is -1.58. The van der Waals surface area contributed by atoms with Gasteiger partial charge in [-0.3, -0.25) is 0 Å². The molecule has 2 rings (SSSR count). The monoisotopic (exact) mass is 476 g/mol. The van der Waals surface area contributed by atoms with Gasteiger partial charge in [0.15, 0.2) is 0 Å². The molecule has 124 valence electrons. The van der Waals surface area contributed by atoms with Crippen LogP contribution in [0, 0.1) is 11.3 Å². The maximum Gasteiger partial charge on any atom is 0.235 e. The molecule has 0 saturated carbocycles. The summed E-state index contributed by atoms with van der Waals surface area (Å²) in [6.07, 6.45) is 2.22. The van der Waals surface area contributed by atoms with E-state index in [0.717, 1.165) is 39.4 Å². The van der Waals surface area contributed by atoms with Gasteiger partial charge in [-0.05, 0) is 39.8 Å². The van der Waals surface area contributed by atoms with Crippen molar-refractivity contribution in [1.82, 2.24) is 9.97 Å². The summed E-state index contributed by atoms with van der Waals surface area (Å²) in [7, 11) is -1.58. The zero-order chi connectivity index (χ0) is 17.4. The van der Waals surface area contributed by atoms with Crippen molar-refractivity contribution in [3.8, 4) is 6.07 Å². The van der Waals surface area contributed by atoms with E-state index in [1.807, 2.05) is 6.07 Å². The lowest BCUT2D eigenvalue weighted by atomic mass is 10.2. The van der Waals surface area contributed by atoms with Crippen LogP contribution in [-0.4, -0.2) is 30.6 Å². The van der Waals surface area contributed by atoms with E-state index in [2.05, 4.69) is 73.3 Å². The topological polar surface area (TPSA) is 52.8 Å². The number of hydrogen-bond donors (Lipinski definition) is 0. The lowest BCUT2D eigenvalue weighted by molar-refractivity contribution is 0.724. The lowest BCUT2D eigenvalue weighted by Crippen LogP contribution is -2.29. The molecule has 2 heterocycles. The summed E-state index contributed by atoms with van der Waals surface area (Å²) >= 11 is 13.9. The van der Waals surface area contributed by atoms with Crippen LogP contribution in [0.25, 0.3) is 4.48 Å². The molecule has 0 N–H and O–H groups in total. The van der Waals surface area contributed by atoms with Gasteiger partial charge in [0.2, 0.25) is 5.82 Å². The normalized spacial score (nSPS) is 19.6. The Kier molecular flexibility index (Phi) is 5.93. The minimum absolute atomic E-state index is 0.109. The highest BCUT2D eigenvalue weighted by atomic mass is 79.9. The summed E-state index contributed by atoms with van der Waals surface area (Å²) in [6, 6.07) is 2.38. The van der Waals surface area contributed by atoms with Gasteiger partial charge in [0, 0.05) is 17.1 Å². The van der Waals surface area contributed by atoms with Crippen LogP contribution >= 0.6 is 43.5 Å². The second kappa shape index (κ2) is 7.22. The van der Waals surface area contributed by atoms with Crippen LogP contribution in [-0.2, 0) is 0 Å². The van der Waals surface area contributed by atoms with Crippen molar-refractivity contribution in [2.45, 2.75) is 45.4 Å². The first kappa shape index (κ1) is 18.9. The Morgan fingerprint density at radius 1 is 1.35 bits per heavy atom. The summed E-state index contributed by atoms with van der Waals surface area (Å²) in [5.41, 5.74) is 0.772. The quantitative estimate of drug-likeness (QED) is 0.435. The van der Waals surface area contributed by atoms with Gasteiger partial charge in [-0.25, -0.2) is 9.97 Å². The Morgan fingerprint density at radius 2 is 2.00 bits per heavy atom. The van der Waals surface area contributed by atoms with E-state index in [0.29, 0.717) is 11.2 Å².